The molecular formula is C22H16N2O4. The third kappa shape index (κ3) is 2.48. The van der Waals surface area contributed by atoms with Crippen molar-refractivity contribution in [3.8, 4) is 11.8 Å². The summed E-state index contributed by atoms with van der Waals surface area (Å²) in [6.07, 6.45) is 0. The van der Waals surface area contributed by atoms with Crippen LogP contribution in [0.2, 0.25) is 0 Å². The first-order valence-electron chi connectivity index (χ1n) is 8.80. The summed E-state index contributed by atoms with van der Waals surface area (Å²) in [7, 11) is 0. The molecule has 1 aliphatic heterocycles. The molecule has 6 nitrogen and oxygen atoms in total. The topological polar surface area (TPSA) is 102 Å². The molecule has 0 spiro atoms. The fraction of sp³-hybridized carbons (Fsp3) is 0.136. The largest absolute Gasteiger partial charge is 0.494 e. The fourth-order valence-electron chi connectivity index (χ4n) is 3.62. The van der Waals surface area contributed by atoms with E-state index < -0.39 is 11.7 Å². The Labute approximate surface area is 161 Å². The van der Waals surface area contributed by atoms with E-state index in [1.807, 2.05) is 13.0 Å². The van der Waals surface area contributed by atoms with Crippen molar-refractivity contribution in [3.05, 3.63) is 88.0 Å². The van der Waals surface area contributed by atoms with Crippen LogP contribution in [0.15, 0.2) is 71.3 Å². The summed E-state index contributed by atoms with van der Waals surface area (Å²) < 4.78 is 11.2. The molecule has 0 saturated carbocycles. The second-order valence-electron chi connectivity index (χ2n) is 6.34. The summed E-state index contributed by atoms with van der Waals surface area (Å²) in [5.41, 5.74) is 7.29. The van der Waals surface area contributed by atoms with Gasteiger partial charge < -0.3 is 15.2 Å². The van der Waals surface area contributed by atoms with Crippen LogP contribution in [0.4, 0.5) is 0 Å². The van der Waals surface area contributed by atoms with Gasteiger partial charge in [-0.1, -0.05) is 42.5 Å². The number of nitrogens with zero attached hydrogens (tertiary/aromatic N) is 1. The molecule has 6 heteroatoms. The molecule has 0 bridgehead atoms. The van der Waals surface area contributed by atoms with Gasteiger partial charge in [0.15, 0.2) is 11.5 Å². The number of para-hydroxylation sites is 1. The zero-order valence-electron chi connectivity index (χ0n) is 15.1. The summed E-state index contributed by atoms with van der Waals surface area (Å²) in [5, 5.41) is 9.72. The number of carbonyl (C=O) groups excluding carboxylic acids is 2. The molecule has 0 saturated heterocycles. The normalized spacial score (nSPS) is 18.2. The Kier molecular flexibility index (Phi) is 4.21. The molecule has 1 atom stereocenters. The van der Waals surface area contributed by atoms with Crippen LogP contribution in [0.5, 0.6) is 5.75 Å². The smallest absolute Gasteiger partial charge is 0.229 e. The van der Waals surface area contributed by atoms with Crippen molar-refractivity contribution in [1.29, 1.82) is 5.26 Å². The molecule has 2 aromatic rings. The van der Waals surface area contributed by atoms with Crippen molar-refractivity contribution in [3.63, 3.8) is 0 Å². The lowest BCUT2D eigenvalue weighted by molar-refractivity contribution is 0.0897. The highest BCUT2D eigenvalue weighted by atomic mass is 16.5. The molecule has 1 unspecified atom stereocenters. The maximum atomic E-state index is 13.3. The van der Waals surface area contributed by atoms with Crippen molar-refractivity contribution >= 4 is 11.6 Å². The van der Waals surface area contributed by atoms with Gasteiger partial charge in [0, 0.05) is 16.7 Å². The zero-order valence-corrected chi connectivity index (χ0v) is 15.1. The van der Waals surface area contributed by atoms with E-state index in [1.54, 1.807) is 48.5 Å². The Balaban J connectivity index is 1.99. The first-order chi connectivity index (χ1) is 13.6. The second-order valence-corrected chi connectivity index (χ2v) is 6.34. The molecule has 28 heavy (non-hydrogen) atoms. The number of rotatable bonds is 3. The highest BCUT2D eigenvalue weighted by Gasteiger charge is 2.44. The van der Waals surface area contributed by atoms with Gasteiger partial charge in [-0.3, -0.25) is 9.59 Å². The van der Waals surface area contributed by atoms with Crippen LogP contribution in [0.1, 0.15) is 39.1 Å². The average molecular weight is 372 g/mol. The van der Waals surface area contributed by atoms with E-state index in [4.69, 9.17) is 15.2 Å². The summed E-state index contributed by atoms with van der Waals surface area (Å²) in [4.78, 5) is 26.3. The van der Waals surface area contributed by atoms with Crippen molar-refractivity contribution in [2.24, 2.45) is 5.73 Å². The van der Waals surface area contributed by atoms with Gasteiger partial charge in [0.2, 0.25) is 11.7 Å². The number of hydrogen-bond donors (Lipinski definition) is 1. The number of nitrogens with two attached hydrogens (primary N) is 1. The fourth-order valence-corrected chi connectivity index (χ4v) is 3.62. The van der Waals surface area contributed by atoms with Gasteiger partial charge >= 0.3 is 0 Å². The van der Waals surface area contributed by atoms with Crippen LogP contribution in [0.25, 0.3) is 0 Å². The third-order valence-corrected chi connectivity index (χ3v) is 4.82. The van der Waals surface area contributed by atoms with E-state index >= 15 is 0 Å². The van der Waals surface area contributed by atoms with Crippen molar-refractivity contribution < 1.29 is 19.1 Å². The number of benzene rings is 2. The lowest BCUT2D eigenvalue weighted by atomic mass is 9.75. The first kappa shape index (κ1) is 17.6. The predicted octanol–water partition coefficient (Wildman–Crippen LogP) is 3.23. The molecule has 0 fully saturated rings. The highest BCUT2D eigenvalue weighted by molar-refractivity contribution is 6.27. The van der Waals surface area contributed by atoms with Crippen LogP contribution < -0.4 is 10.5 Å². The van der Waals surface area contributed by atoms with E-state index in [-0.39, 0.29) is 39.7 Å². The number of nitriles is 1. The van der Waals surface area contributed by atoms with Gasteiger partial charge in [-0.2, -0.15) is 5.26 Å². The van der Waals surface area contributed by atoms with Crippen molar-refractivity contribution in [2.45, 2.75) is 12.8 Å². The van der Waals surface area contributed by atoms with Gasteiger partial charge in [-0.15, -0.1) is 0 Å². The lowest BCUT2D eigenvalue weighted by Crippen LogP contribution is -2.32. The molecule has 1 aliphatic carbocycles. The van der Waals surface area contributed by atoms with Crippen LogP contribution in [0.3, 0.4) is 0 Å². The van der Waals surface area contributed by atoms with Gasteiger partial charge in [0.05, 0.1) is 18.1 Å². The maximum absolute atomic E-state index is 13.3. The molecule has 2 aliphatic rings. The minimum absolute atomic E-state index is 0.0754. The van der Waals surface area contributed by atoms with Crippen molar-refractivity contribution in [1.82, 2.24) is 0 Å². The van der Waals surface area contributed by atoms with E-state index in [2.05, 4.69) is 0 Å². The summed E-state index contributed by atoms with van der Waals surface area (Å²) in [6.45, 7) is 2.25. The van der Waals surface area contributed by atoms with Gasteiger partial charge in [0.1, 0.15) is 17.4 Å². The second kappa shape index (κ2) is 6.71. The number of allylic oxidation sites excluding steroid dienone is 3. The van der Waals surface area contributed by atoms with Crippen LogP contribution in [-0.4, -0.2) is 18.2 Å². The Morgan fingerprint density at radius 3 is 2.39 bits per heavy atom. The summed E-state index contributed by atoms with van der Waals surface area (Å²) in [5.74, 6) is -1.43. The van der Waals surface area contributed by atoms with Gasteiger partial charge in [-0.25, -0.2) is 0 Å². The van der Waals surface area contributed by atoms with Crippen LogP contribution in [-0.2, 0) is 4.74 Å². The van der Waals surface area contributed by atoms with E-state index in [1.165, 1.54) is 0 Å². The average Bonchev–Trinajstić information content (AvgIpc) is 2.72. The Morgan fingerprint density at radius 1 is 1.07 bits per heavy atom. The summed E-state index contributed by atoms with van der Waals surface area (Å²) in [6, 6.07) is 15.7. The number of Topliss-reactive ketones (excluding diaryl/α,β-unsaturated/α-hetero) is 2. The van der Waals surface area contributed by atoms with E-state index in [9.17, 15) is 14.9 Å². The number of hydrogen-bond acceptors (Lipinski definition) is 6. The zero-order chi connectivity index (χ0) is 19.8. The number of ketones is 2. The van der Waals surface area contributed by atoms with Gasteiger partial charge in [-0.05, 0) is 13.0 Å². The quantitative estimate of drug-likeness (QED) is 0.887. The molecule has 2 aromatic carbocycles. The number of fused-ring (bicyclic) bond motifs is 1. The molecule has 0 amide bonds. The molecule has 0 radical (unpaired) electrons. The predicted molar refractivity (Wildman–Crippen MR) is 100 cm³/mol. The summed E-state index contributed by atoms with van der Waals surface area (Å²) >= 11 is 0. The molecule has 138 valence electrons. The lowest BCUT2D eigenvalue weighted by Gasteiger charge is -2.31. The Bertz CT molecular complexity index is 1120. The molecule has 4 rings (SSSR count). The minimum Gasteiger partial charge on any atom is -0.494 e. The number of carbonyl (C=O) groups is 2. The standard InChI is InChI=1S/C22H16N2O4/c1-2-27-16-10-6-5-9-14(16)17-15(11-23)22(24)28-21-18(17)19(25)12-7-3-4-8-13(12)20(21)26/h3-10,17H,2,24H2,1H3. The van der Waals surface area contributed by atoms with Crippen LogP contribution in [0, 0.1) is 11.3 Å². The maximum Gasteiger partial charge on any atom is 0.229 e. The third-order valence-electron chi connectivity index (χ3n) is 4.82. The molecule has 1 heterocycles. The van der Waals surface area contributed by atoms with E-state index in [0.29, 0.717) is 17.9 Å². The van der Waals surface area contributed by atoms with Crippen molar-refractivity contribution in [2.75, 3.05) is 6.61 Å². The molecule has 0 aromatic heterocycles. The van der Waals surface area contributed by atoms with E-state index in [0.717, 1.165) is 0 Å². The first-order valence-corrected chi connectivity index (χ1v) is 8.80. The molecular weight excluding hydrogens is 356 g/mol. The minimum atomic E-state index is -0.846. The highest BCUT2D eigenvalue weighted by Crippen LogP contribution is 2.46. The van der Waals surface area contributed by atoms with Gasteiger partial charge in [0.25, 0.3) is 0 Å². The molecule has 2 N–H and O–H groups in total. The Hall–Kier alpha value is -3.85. The number of ether oxygens (including phenoxy) is 2. The van der Waals surface area contributed by atoms with Crippen LogP contribution >= 0.6 is 0 Å². The Morgan fingerprint density at radius 2 is 1.71 bits per heavy atom. The SMILES string of the molecule is CCOc1ccccc1C1C(C#N)=C(N)OC2=C1C(=O)c1ccccc1C2=O. The monoisotopic (exact) mass is 372 g/mol.